The van der Waals surface area contributed by atoms with Gasteiger partial charge in [-0.2, -0.15) is 0 Å². The molecule has 1 aromatic carbocycles. The molecular formula is C19H27N3O3. The smallest absolute Gasteiger partial charge is 0.253 e. The lowest BCUT2D eigenvalue weighted by Crippen LogP contribution is -2.29. The number of nitrogens with one attached hydrogen (secondary N) is 1. The van der Waals surface area contributed by atoms with Gasteiger partial charge in [-0.3, -0.25) is 9.59 Å². The molecule has 3 N–H and O–H groups in total. The fourth-order valence-corrected chi connectivity index (χ4v) is 3.43. The molecular weight excluding hydrogens is 318 g/mol. The van der Waals surface area contributed by atoms with E-state index in [0.29, 0.717) is 19.4 Å². The number of rotatable bonds is 6. The van der Waals surface area contributed by atoms with E-state index in [0.717, 1.165) is 50.0 Å². The molecule has 2 atom stereocenters. The van der Waals surface area contributed by atoms with Gasteiger partial charge < -0.3 is 20.7 Å². The van der Waals surface area contributed by atoms with Crippen LogP contribution in [-0.2, 0) is 20.7 Å². The van der Waals surface area contributed by atoms with Crippen LogP contribution >= 0.6 is 0 Å². The van der Waals surface area contributed by atoms with Gasteiger partial charge in [0.1, 0.15) is 6.10 Å². The second kappa shape index (κ2) is 8.45. The van der Waals surface area contributed by atoms with Gasteiger partial charge in [-0.1, -0.05) is 12.1 Å². The number of hydrogen-bond donors (Lipinski definition) is 2. The molecule has 0 aliphatic carbocycles. The zero-order valence-corrected chi connectivity index (χ0v) is 14.6. The molecule has 0 bridgehead atoms. The van der Waals surface area contributed by atoms with E-state index in [1.165, 1.54) is 0 Å². The number of hydrogen-bond acceptors (Lipinski definition) is 4. The second-order valence-electron chi connectivity index (χ2n) is 6.83. The van der Waals surface area contributed by atoms with Gasteiger partial charge in [0.05, 0.1) is 6.10 Å². The van der Waals surface area contributed by atoms with Crippen LogP contribution in [0.3, 0.4) is 0 Å². The first-order chi connectivity index (χ1) is 12.2. The standard InChI is InChI=1S/C19H27N3O3/c20-13-16-8-9-17(25-16)19(24)21-15-6-3-14(4-7-15)5-10-18(23)22-11-1-2-12-22/h3-4,6-7,16-17H,1-2,5,8-13,20H2,(H,21,24)/t16-,17+/m1/s1. The lowest BCUT2D eigenvalue weighted by Gasteiger charge is -2.15. The highest BCUT2D eigenvalue weighted by Crippen LogP contribution is 2.21. The number of ether oxygens (including phenoxy) is 1. The molecule has 136 valence electrons. The second-order valence-corrected chi connectivity index (χ2v) is 6.83. The Morgan fingerprint density at radius 1 is 1.16 bits per heavy atom. The molecule has 2 aliphatic rings. The molecule has 0 saturated carbocycles. The maximum atomic E-state index is 12.2. The van der Waals surface area contributed by atoms with E-state index in [9.17, 15) is 9.59 Å². The highest BCUT2D eigenvalue weighted by molar-refractivity contribution is 5.94. The monoisotopic (exact) mass is 345 g/mol. The Hall–Kier alpha value is -1.92. The number of benzene rings is 1. The Balaban J connectivity index is 1.45. The zero-order chi connectivity index (χ0) is 17.6. The third kappa shape index (κ3) is 4.80. The SMILES string of the molecule is NC[C@H]1CC[C@@H](C(=O)Nc2ccc(CCC(=O)N3CCCC3)cc2)O1. The van der Waals surface area contributed by atoms with Gasteiger partial charge in [0.15, 0.2) is 0 Å². The molecule has 0 unspecified atom stereocenters. The summed E-state index contributed by atoms with van der Waals surface area (Å²) in [6, 6.07) is 7.68. The van der Waals surface area contributed by atoms with Gasteiger partial charge in [-0.15, -0.1) is 0 Å². The van der Waals surface area contributed by atoms with Crippen molar-refractivity contribution in [3.63, 3.8) is 0 Å². The molecule has 6 nitrogen and oxygen atoms in total. The Kier molecular flexibility index (Phi) is 6.04. The minimum Gasteiger partial charge on any atom is -0.364 e. The van der Waals surface area contributed by atoms with Crippen molar-refractivity contribution in [3.8, 4) is 0 Å². The van der Waals surface area contributed by atoms with E-state index >= 15 is 0 Å². The van der Waals surface area contributed by atoms with Crippen LogP contribution in [-0.4, -0.2) is 48.6 Å². The Morgan fingerprint density at radius 2 is 1.88 bits per heavy atom. The minimum absolute atomic E-state index is 0.00808. The van der Waals surface area contributed by atoms with Gasteiger partial charge in [-0.25, -0.2) is 0 Å². The highest BCUT2D eigenvalue weighted by Gasteiger charge is 2.29. The number of likely N-dealkylation sites (tertiary alicyclic amines) is 1. The van der Waals surface area contributed by atoms with E-state index in [2.05, 4.69) is 5.32 Å². The van der Waals surface area contributed by atoms with E-state index < -0.39 is 6.10 Å². The summed E-state index contributed by atoms with van der Waals surface area (Å²) in [5.41, 5.74) is 7.42. The first kappa shape index (κ1) is 17.9. The fraction of sp³-hybridized carbons (Fsp3) is 0.579. The van der Waals surface area contributed by atoms with Crippen LogP contribution in [0.25, 0.3) is 0 Å². The Labute approximate surface area is 148 Å². The van der Waals surface area contributed by atoms with Gasteiger partial charge >= 0.3 is 0 Å². The Morgan fingerprint density at radius 3 is 2.52 bits per heavy atom. The molecule has 6 heteroatoms. The molecule has 2 heterocycles. The summed E-state index contributed by atoms with van der Waals surface area (Å²) in [4.78, 5) is 26.2. The van der Waals surface area contributed by atoms with Crippen molar-refractivity contribution in [1.29, 1.82) is 0 Å². The normalized spacial score (nSPS) is 23.0. The molecule has 2 amide bonds. The summed E-state index contributed by atoms with van der Waals surface area (Å²) < 4.78 is 5.60. The number of nitrogens with two attached hydrogens (primary N) is 1. The fourth-order valence-electron chi connectivity index (χ4n) is 3.43. The molecule has 2 fully saturated rings. The summed E-state index contributed by atoms with van der Waals surface area (Å²) in [5.74, 6) is 0.121. The highest BCUT2D eigenvalue weighted by atomic mass is 16.5. The molecule has 1 aromatic rings. The molecule has 2 saturated heterocycles. The van der Waals surface area contributed by atoms with Crippen LogP contribution < -0.4 is 11.1 Å². The van der Waals surface area contributed by atoms with Crippen LogP contribution in [0, 0.1) is 0 Å². The molecule has 2 aliphatic heterocycles. The van der Waals surface area contributed by atoms with Crippen molar-refractivity contribution >= 4 is 17.5 Å². The van der Waals surface area contributed by atoms with E-state index in [1.807, 2.05) is 29.2 Å². The third-order valence-corrected chi connectivity index (χ3v) is 4.97. The Bertz CT molecular complexity index is 596. The maximum absolute atomic E-state index is 12.2. The number of carbonyl (C=O) groups is 2. The van der Waals surface area contributed by atoms with E-state index in [1.54, 1.807) is 0 Å². The van der Waals surface area contributed by atoms with Crippen LogP contribution in [0.1, 0.15) is 37.7 Å². The number of aryl methyl sites for hydroxylation is 1. The summed E-state index contributed by atoms with van der Waals surface area (Å²) in [5, 5.41) is 2.89. The van der Waals surface area contributed by atoms with Gasteiger partial charge in [0, 0.05) is 31.7 Å². The molecule has 3 rings (SSSR count). The zero-order valence-electron chi connectivity index (χ0n) is 14.6. The van der Waals surface area contributed by atoms with Crippen LogP contribution in [0.5, 0.6) is 0 Å². The van der Waals surface area contributed by atoms with Crippen molar-refractivity contribution in [3.05, 3.63) is 29.8 Å². The lowest BCUT2D eigenvalue weighted by molar-refractivity contribution is -0.130. The third-order valence-electron chi connectivity index (χ3n) is 4.97. The average Bonchev–Trinajstić information content (AvgIpc) is 3.32. The average molecular weight is 345 g/mol. The van der Waals surface area contributed by atoms with Crippen molar-refractivity contribution in [1.82, 2.24) is 4.90 Å². The van der Waals surface area contributed by atoms with Crippen molar-refractivity contribution in [2.45, 2.75) is 50.7 Å². The predicted molar refractivity (Wildman–Crippen MR) is 96.2 cm³/mol. The van der Waals surface area contributed by atoms with Crippen LogP contribution in [0.4, 0.5) is 5.69 Å². The maximum Gasteiger partial charge on any atom is 0.253 e. The lowest BCUT2D eigenvalue weighted by atomic mass is 10.1. The van der Waals surface area contributed by atoms with Crippen LogP contribution in [0.2, 0.25) is 0 Å². The number of nitrogens with zero attached hydrogens (tertiary/aromatic N) is 1. The van der Waals surface area contributed by atoms with Crippen molar-refractivity contribution < 1.29 is 14.3 Å². The molecule has 25 heavy (non-hydrogen) atoms. The van der Waals surface area contributed by atoms with Gasteiger partial charge in [0.2, 0.25) is 5.91 Å². The van der Waals surface area contributed by atoms with E-state index in [4.69, 9.17) is 10.5 Å². The van der Waals surface area contributed by atoms with E-state index in [-0.39, 0.29) is 17.9 Å². The summed E-state index contributed by atoms with van der Waals surface area (Å²) >= 11 is 0. The summed E-state index contributed by atoms with van der Waals surface area (Å²) in [6.45, 7) is 2.25. The quantitative estimate of drug-likeness (QED) is 0.822. The largest absolute Gasteiger partial charge is 0.364 e. The minimum atomic E-state index is -0.411. The molecule has 0 radical (unpaired) electrons. The number of amides is 2. The van der Waals surface area contributed by atoms with Crippen LogP contribution in [0.15, 0.2) is 24.3 Å². The topological polar surface area (TPSA) is 84.7 Å². The number of anilines is 1. The molecule has 0 aromatic heterocycles. The van der Waals surface area contributed by atoms with Gasteiger partial charge in [0.25, 0.3) is 5.91 Å². The number of carbonyl (C=O) groups excluding carboxylic acids is 2. The molecule has 0 spiro atoms. The first-order valence-corrected chi connectivity index (χ1v) is 9.19. The van der Waals surface area contributed by atoms with Crippen molar-refractivity contribution in [2.75, 3.05) is 25.0 Å². The predicted octanol–water partition coefficient (Wildman–Crippen LogP) is 1.69. The van der Waals surface area contributed by atoms with Crippen molar-refractivity contribution in [2.24, 2.45) is 5.73 Å². The summed E-state index contributed by atoms with van der Waals surface area (Å²) in [6.07, 6.45) is 4.64. The van der Waals surface area contributed by atoms with Gasteiger partial charge in [-0.05, 0) is 49.8 Å². The summed E-state index contributed by atoms with van der Waals surface area (Å²) in [7, 11) is 0. The first-order valence-electron chi connectivity index (χ1n) is 9.19.